The Morgan fingerprint density at radius 3 is 1.77 bits per heavy atom. The van der Waals surface area contributed by atoms with Crippen molar-refractivity contribution in [3.8, 4) is 51.0 Å². The Balaban J connectivity index is 1.13. The van der Waals surface area contributed by atoms with E-state index in [9.17, 15) is 5.41 Å². The largest absolute Gasteiger partial charge is 0.398 e. The number of nitrogen functional groups attached to an aromatic ring is 1. The van der Waals surface area contributed by atoms with Gasteiger partial charge in [-0.15, -0.1) is 0 Å². The van der Waals surface area contributed by atoms with Crippen LogP contribution in [-0.2, 0) is 0 Å². The molecule has 9 aromatic carbocycles. The highest BCUT2D eigenvalue weighted by Gasteiger charge is 2.26. The molecule has 0 fully saturated rings. The number of nitrogens with one attached hydrogen (secondary N) is 1. The Bertz CT molecular complexity index is 3610. The van der Waals surface area contributed by atoms with Gasteiger partial charge < -0.3 is 15.2 Å². The van der Waals surface area contributed by atoms with E-state index in [1.54, 1.807) is 0 Å². The molecule has 314 valence electrons. The minimum absolute atomic E-state index is 0.155. The lowest BCUT2D eigenvalue weighted by Crippen LogP contribution is -2.29. The Labute approximate surface area is 382 Å². The standard InChI is InChI=1S/C58H42N8/c1-65(58(42-23-9-4-10-24-42)61-54(60)39-19-5-2-6-20-39)52-47(45-27-13-15-30-50(45)59)36-37-48-46-28-14-16-31-51(46)66(53(48)52)43-34-32-41(33-35-43)56-62-55(40-21-7-3-8-22-40)63-57(64-56)49-29-17-25-38-18-11-12-26-44(38)49/h2-37,60H,59H2,1H3. The van der Waals surface area contributed by atoms with Crippen LogP contribution in [0.3, 0.4) is 0 Å². The lowest BCUT2D eigenvalue weighted by atomic mass is 9.98. The number of benzene rings is 9. The molecule has 0 bridgehead atoms. The molecule has 0 amide bonds. The molecule has 8 nitrogen and oxygen atoms in total. The van der Waals surface area contributed by atoms with Crippen molar-refractivity contribution in [1.29, 1.82) is 5.41 Å². The summed E-state index contributed by atoms with van der Waals surface area (Å²) in [6, 6.07) is 73.6. The van der Waals surface area contributed by atoms with Gasteiger partial charge >= 0.3 is 0 Å². The van der Waals surface area contributed by atoms with E-state index in [0.29, 0.717) is 29.0 Å². The van der Waals surface area contributed by atoms with Crippen LogP contribution in [0.4, 0.5) is 11.4 Å². The van der Waals surface area contributed by atoms with Gasteiger partial charge in [0, 0.05) is 68.1 Å². The summed E-state index contributed by atoms with van der Waals surface area (Å²) in [7, 11) is 2.03. The first-order chi connectivity index (χ1) is 32.5. The van der Waals surface area contributed by atoms with Gasteiger partial charge in [-0.2, -0.15) is 0 Å². The van der Waals surface area contributed by atoms with Gasteiger partial charge in [0.15, 0.2) is 23.3 Å². The molecule has 0 aliphatic heterocycles. The van der Waals surface area contributed by atoms with Crippen molar-refractivity contribution in [2.75, 3.05) is 17.7 Å². The number of para-hydroxylation sites is 2. The van der Waals surface area contributed by atoms with E-state index >= 15 is 0 Å². The molecular weight excluding hydrogens is 809 g/mol. The van der Waals surface area contributed by atoms with E-state index in [4.69, 9.17) is 25.7 Å². The molecule has 11 aromatic rings. The van der Waals surface area contributed by atoms with Crippen molar-refractivity contribution in [2.24, 2.45) is 4.99 Å². The van der Waals surface area contributed by atoms with Gasteiger partial charge in [-0.3, -0.25) is 5.41 Å². The van der Waals surface area contributed by atoms with E-state index in [0.717, 1.165) is 82.9 Å². The quantitative estimate of drug-likeness (QED) is 0.0899. The number of nitrogens with zero attached hydrogens (tertiary/aromatic N) is 6. The highest BCUT2D eigenvalue weighted by Crippen LogP contribution is 2.45. The Morgan fingerprint density at radius 2 is 1.05 bits per heavy atom. The molecule has 11 rings (SSSR count). The van der Waals surface area contributed by atoms with Crippen LogP contribution in [0.2, 0.25) is 0 Å². The average molecular weight is 851 g/mol. The molecule has 0 aliphatic carbocycles. The summed E-state index contributed by atoms with van der Waals surface area (Å²) in [6.07, 6.45) is 0. The Hall–Kier alpha value is -9.01. The predicted molar refractivity (Wildman–Crippen MR) is 272 cm³/mol. The third-order valence-corrected chi connectivity index (χ3v) is 12.1. The average Bonchev–Trinajstić information content (AvgIpc) is 3.72. The van der Waals surface area contributed by atoms with E-state index in [1.165, 1.54) is 0 Å². The molecule has 0 unspecified atom stereocenters. The fraction of sp³-hybridized carbons (Fsp3) is 0.0172. The summed E-state index contributed by atoms with van der Waals surface area (Å²) >= 11 is 0. The van der Waals surface area contributed by atoms with Gasteiger partial charge in [-0.05, 0) is 47.2 Å². The molecule has 0 saturated carbocycles. The second-order valence-electron chi connectivity index (χ2n) is 16.1. The van der Waals surface area contributed by atoms with Crippen LogP contribution in [-0.4, -0.2) is 38.2 Å². The highest BCUT2D eigenvalue weighted by atomic mass is 15.2. The van der Waals surface area contributed by atoms with Gasteiger partial charge in [0.1, 0.15) is 5.84 Å². The van der Waals surface area contributed by atoms with Crippen LogP contribution in [0.15, 0.2) is 223 Å². The molecule has 0 radical (unpaired) electrons. The molecule has 3 N–H and O–H groups in total. The van der Waals surface area contributed by atoms with Gasteiger partial charge in [-0.1, -0.05) is 182 Å². The second kappa shape index (κ2) is 16.9. The van der Waals surface area contributed by atoms with Crippen molar-refractivity contribution in [1.82, 2.24) is 19.5 Å². The summed E-state index contributed by atoms with van der Waals surface area (Å²) in [5.41, 5.74) is 17.4. The monoisotopic (exact) mass is 850 g/mol. The normalized spacial score (nSPS) is 11.6. The summed E-state index contributed by atoms with van der Waals surface area (Å²) < 4.78 is 2.32. The smallest absolute Gasteiger partial charge is 0.164 e. The zero-order valence-corrected chi connectivity index (χ0v) is 36.0. The van der Waals surface area contributed by atoms with Crippen LogP contribution in [0.25, 0.3) is 83.6 Å². The molecule has 2 aromatic heterocycles. The van der Waals surface area contributed by atoms with Crippen LogP contribution < -0.4 is 10.6 Å². The molecule has 0 aliphatic rings. The van der Waals surface area contributed by atoms with Crippen LogP contribution in [0.1, 0.15) is 11.1 Å². The van der Waals surface area contributed by atoms with E-state index < -0.39 is 0 Å². The van der Waals surface area contributed by atoms with Crippen molar-refractivity contribution >= 4 is 55.6 Å². The van der Waals surface area contributed by atoms with Crippen LogP contribution in [0.5, 0.6) is 0 Å². The number of nitrogens with two attached hydrogens (primary N) is 1. The topological polar surface area (TPSA) is 109 Å². The molecule has 0 spiro atoms. The van der Waals surface area contributed by atoms with Crippen molar-refractivity contribution in [3.63, 3.8) is 0 Å². The van der Waals surface area contributed by atoms with E-state index in [2.05, 4.69) is 107 Å². The van der Waals surface area contributed by atoms with E-state index in [-0.39, 0.29) is 5.84 Å². The zero-order chi connectivity index (χ0) is 44.6. The molecule has 66 heavy (non-hydrogen) atoms. The number of aromatic nitrogens is 4. The third kappa shape index (κ3) is 7.22. The molecule has 8 heteroatoms. The van der Waals surface area contributed by atoms with Crippen molar-refractivity contribution in [2.45, 2.75) is 0 Å². The minimum atomic E-state index is 0.155. The summed E-state index contributed by atoms with van der Waals surface area (Å²) in [4.78, 5) is 22.5. The van der Waals surface area contributed by atoms with Gasteiger partial charge in [0.25, 0.3) is 0 Å². The van der Waals surface area contributed by atoms with Gasteiger partial charge in [-0.25, -0.2) is 19.9 Å². The van der Waals surface area contributed by atoms with E-state index in [1.807, 2.05) is 128 Å². The first kappa shape index (κ1) is 39.8. The molecule has 0 atom stereocenters. The summed E-state index contributed by atoms with van der Waals surface area (Å²) in [5, 5.41) is 13.6. The Morgan fingerprint density at radius 1 is 0.485 bits per heavy atom. The van der Waals surface area contributed by atoms with Gasteiger partial charge in [0.2, 0.25) is 0 Å². The van der Waals surface area contributed by atoms with Gasteiger partial charge in [0.05, 0.1) is 16.7 Å². The lowest BCUT2D eigenvalue weighted by Gasteiger charge is -2.27. The summed E-state index contributed by atoms with van der Waals surface area (Å²) in [5.74, 6) is 2.56. The second-order valence-corrected chi connectivity index (χ2v) is 16.1. The number of aliphatic imine (C=N–C) groups is 1. The van der Waals surface area contributed by atoms with Crippen molar-refractivity contribution < 1.29 is 0 Å². The van der Waals surface area contributed by atoms with Crippen LogP contribution >= 0.6 is 0 Å². The van der Waals surface area contributed by atoms with Crippen molar-refractivity contribution in [3.05, 3.63) is 230 Å². The van der Waals surface area contributed by atoms with Crippen LogP contribution in [0, 0.1) is 5.41 Å². The maximum atomic E-state index is 9.24. The third-order valence-electron chi connectivity index (χ3n) is 12.1. The molecule has 0 saturated heterocycles. The zero-order valence-electron chi connectivity index (χ0n) is 36.0. The maximum absolute atomic E-state index is 9.24. The Kier molecular flexibility index (Phi) is 10.2. The summed E-state index contributed by atoms with van der Waals surface area (Å²) in [6.45, 7) is 0. The molecular formula is C58H42N8. The highest BCUT2D eigenvalue weighted by molar-refractivity contribution is 6.23. The number of anilines is 2. The number of rotatable bonds is 8. The molecule has 2 heterocycles. The number of fused-ring (bicyclic) bond motifs is 4. The first-order valence-corrected chi connectivity index (χ1v) is 21.8. The predicted octanol–water partition coefficient (Wildman–Crippen LogP) is 13.3. The fourth-order valence-electron chi connectivity index (χ4n) is 8.92. The lowest BCUT2D eigenvalue weighted by molar-refractivity contribution is 1.07. The fourth-order valence-corrected chi connectivity index (χ4v) is 8.92. The number of hydrogen-bond donors (Lipinski definition) is 2. The SMILES string of the molecule is CN(C(=NC(=N)c1ccccc1)c1ccccc1)c1c(-c2ccccc2N)ccc2c3ccccc3n(-c3ccc(-c4nc(-c5ccccc5)nc(-c5cccc6ccccc56)n4)cc3)c12. The first-order valence-electron chi connectivity index (χ1n) is 21.8. The minimum Gasteiger partial charge on any atom is -0.398 e. The number of amidine groups is 2. The number of hydrogen-bond acceptors (Lipinski definition) is 5. The maximum Gasteiger partial charge on any atom is 0.164 e.